The molecule has 1 amide bonds. The van der Waals surface area contributed by atoms with Gasteiger partial charge in [0.1, 0.15) is 6.54 Å². The normalized spacial score (nSPS) is 14.9. The van der Waals surface area contributed by atoms with Gasteiger partial charge in [0.25, 0.3) is 0 Å². The average molecular weight is 226 g/mol. The fourth-order valence-electron chi connectivity index (χ4n) is 0.955. The fraction of sp³-hybridized carbons (Fsp3) is 0.889. The Balaban J connectivity index is 4.47. The van der Waals surface area contributed by atoms with Crippen LogP contribution in [0.4, 0.5) is 13.2 Å². The van der Waals surface area contributed by atoms with E-state index in [1.165, 1.54) is 0 Å². The summed E-state index contributed by atoms with van der Waals surface area (Å²) in [7, 11) is 1.10. The zero-order valence-electron chi connectivity index (χ0n) is 9.35. The smallest absolute Gasteiger partial charge is 0.335 e. The molecule has 2 N–H and O–H groups in total. The summed E-state index contributed by atoms with van der Waals surface area (Å²) < 4.78 is 36.0. The van der Waals surface area contributed by atoms with E-state index in [4.69, 9.17) is 5.73 Å². The van der Waals surface area contributed by atoms with E-state index in [2.05, 4.69) is 0 Å². The molecule has 0 spiro atoms. The van der Waals surface area contributed by atoms with Gasteiger partial charge in [-0.1, -0.05) is 20.8 Å². The van der Waals surface area contributed by atoms with Crippen molar-refractivity contribution in [1.82, 2.24) is 4.90 Å². The first kappa shape index (κ1) is 14.2. The van der Waals surface area contributed by atoms with Crippen molar-refractivity contribution in [1.29, 1.82) is 0 Å². The molecular weight excluding hydrogens is 209 g/mol. The number of halogens is 3. The number of likely N-dealkylation sites (N-methyl/N-ethyl adjacent to an activating group) is 1. The standard InChI is InChI=1S/C9H17F3N2O/c1-8(2,3)6(13)7(15)14(4)5-9(10,11)12/h6H,5,13H2,1-4H3. The average Bonchev–Trinajstić information content (AvgIpc) is 1.96. The van der Waals surface area contributed by atoms with Gasteiger partial charge in [0.2, 0.25) is 5.91 Å². The summed E-state index contributed by atoms with van der Waals surface area (Å²) >= 11 is 0. The van der Waals surface area contributed by atoms with Gasteiger partial charge in [-0.3, -0.25) is 4.79 Å². The van der Waals surface area contributed by atoms with Crippen LogP contribution in [0.3, 0.4) is 0 Å². The number of rotatable bonds is 2. The number of nitrogens with two attached hydrogens (primary N) is 1. The van der Waals surface area contributed by atoms with E-state index in [-0.39, 0.29) is 0 Å². The molecule has 1 atom stereocenters. The molecule has 0 fully saturated rings. The summed E-state index contributed by atoms with van der Waals surface area (Å²) in [6.45, 7) is 3.85. The van der Waals surface area contributed by atoms with Crippen LogP contribution in [0.1, 0.15) is 20.8 Å². The van der Waals surface area contributed by atoms with E-state index in [1.807, 2.05) is 0 Å². The molecule has 3 nitrogen and oxygen atoms in total. The first-order valence-corrected chi connectivity index (χ1v) is 4.52. The van der Waals surface area contributed by atoms with Crippen LogP contribution < -0.4 is 5.73 Å². The first-order chi connectivity index (χ1) is 6.45. The number of carbonyl (C=O) groups excluding carboxylic acids is 1. The molecule has 0 aliphatic rings. The van der Waals surface area contributed by atoms with E-state index in [0.29, 0.717) is 4.90 Å². The van der Waals surface area contributed by atoms with Crippen LogP contribution in [0.2, 0.25) is 0 Å². The summed E-state index contributed by atoms with van der Waals surface area (Å²) in [6.07, 6.45) is -4.39. The molecule has 0 aromatic heterocycles. The number of hydrogen-bond donors (Lipinski definition) is 1. The lowest BCUT2D eigenvalue weighted by molar-refractivity contribution is -0.160. The molecule has 6 heteroatoms. The Hall–Kier alpha value is -0.780. The third-order valence-corrected chi connectivity index (χ3v) is 1.99. The van der Waals surface area contributed by atoms with Crippen molar-refractivity contribution in [3.63, 3.8) is 0 Å². The Morgan fingerprint density at radius 1 is 1.33 bits per heavy atom. The summed E-state index contributed by atoms with van der Waals surface area (Å²) in [6, 6.07) is -0.926. The Morgan fingerprint density at radius 3 is 2.00 bits per heavy atom. The molecule has 0 aromatic rings. The molecule has 0 aliphatic carbocycles. The number of carbonyl (C=O) groups is 1. The maximum atomic E-state index is 12.0. The molecule has 0 aliphatic heterocycles. The van der Waals surface area contributed by atoms with Crippen molar-refractivity contribution >= 4 is 5.91 Å². The second-order valence-corrected chi connectivity index (χ2v) is 4.65. The van der Waals surface area contributed by atoms with Crippen LogP contribution >= 0.6 is 0 Å². The van der Waals surface area contributed by atoms with Gasteiger partial charge in [0, 0.05) is 7.05 Å². The summed E-state index contributed by atoms with van der Waals surface area (Å²) in [5, 5.41) is 0. The van der Waals surface area contributed by atoms with Crippen LogP contribution in [0.25, 0.3) is 0 Å². The van der Waals surface area contributed by atoms with E-state index >= 15 is 0 Å². The highest BCUT2D eigenvalue weighted by molar-refractivity contribution is 5.82. The maximum absolute atomic E-state index is 12.0. The number of alkyl halides is 3. The zero-order chi connectivity index (χ0) is 12.4. The van der Waals surface area contributed by atoms with Crippen LogP contribution in [0, 0.1) is 5.41 Å². The molecule has 0 heterocycles. The van der Waals surface area contributed by atoms with Gasteiger partial charge < -0.3 is 10.6 Å². The van der Waals surface area contributed by atoms with Crippen molar-refractivity contribution in [3.8, 4) is 0 Å². The van der Waals surface area contributed by atoms with E-state index in [0.717, 1.165) is 7.05 Å². The van der Waals surface area contributed by atoms with E-state index in [9.17, 15) is 18.0 Å². The number of hydrogen-bond acceptors (Lipinski definition) is 2. The van der Waals surface area contributed by atoms with Crippen LogP contribution in [-0.4, -0.2) is 36.6 Å². The Labute approximate surface area is 87.4 Å². The molecular formula is C9H17F3N2O. The van der Waals surface area contributed by atoms with Crippen molar-refractivity contribution in [3.05, 3.63) is 0 Å². The Morgan fingerprint density at radius 2 is 1.73 bits per heavy atom. The van der Waals surface area contributed by atoms with Crippen LogP contribution in [0.5, 0.6) is 0 Å². The van der Waals surface area contributed by atoms with Crippen LogP contribution in [0.15, 0.2) is 0 Å². The lowest BCUT2D eigenvalue weighted by Gasteiger charge is -2.30. The second kappa shape index (κ2) is 4.38. The zero-order valence-corrected chi connectivity index (χ0v) is 9.35. The first-order valence-electron chi connectivity index (χ1n) is 4.52. The predicted octanol–water partition coefficient (Wildman–Crippen LogP) is 1.38. The van der Waals surface area contributed by atoms with Gasteiger partial charge in [-0.2, -0.15) is 13.2 Å². The molecule has 0 saturated heterocycles. The molecule has 90 valence electrons. The van der Waals surface area contributed by atoms with Gasteiger partial charge in [-0.05, 0) is 5.41 Å². The van der Waals surface area contributed by atoms with Crippen molar-refractivity contribution < 1.29 is 18.0 Å². The molecule has 0 aromatic carbocycles. The molecule has 15 heavy (non-hydrogen) atoms. The Kier molecular flexibility index (Phi) is 4.16. The van der Waals surface area contributed by atoms with Gasteiger partial charge in [0.15, 0.2) is 0 Å². The summed E-state index contributed by atoms with van der Waals surface area (Å²) in [5.74, 6) is -0.695. The van der Waals surface area contributed by atoms with E-state index in [1.54, 1.807) is 20.8 Å². The summed E-state index contributed by atoms with van der Waals surface area (Å²) in [5.41, 5.74) is 5.01. The highest BCUT2D eigenvalue weighted by Gasteiger charge is 2.35. The van der Waals surface area contributed by atoms with Crippen molar-refractivity contribution in [2.45, 2.75) is 33.0 Å². The lowest BCUT2D eigenvalue weighted by Crippen LogP contribution is -2.51. The van der Waals surface area contributed by atoms with Gasteiger partial charge in [-0.15, -0.1) is 0 Å². The fourth-order valence-corrected chi connectivity index (χ4v) is 0.955. The van der Waals surface area contributed by atoms with Crippen molar-refractivity contribution in [2.24, 2.45) is 11.1 Å². The SMILES string of the molecule is CN(CC(F)(F)F)C(=O)C(N)C(C)(C)C. The number of nitrogens with zero attached hydrogens (tertiary/aromatic N) is 1. The van der Waals surface area contributed by atoms with E-state index < -0.39 is 30.1 Å². The van der Waals surface area contributed by atoms with Crippen molar-refractivity contribution in [2.75, 3.05) is 13.6 Å². The topological polar surface area (TPSA) is 46.3 Å². The minimum Gasteiger partial charge on any atom is -0.335 e. The molecule has 0 saturated carbocycles. The minimum atomic E-state index is -4.39. The van der Waals surface area contributed by atoms with Gasteiger partial charge in [-0.25, -0.2) is 0 Å². The van der Waals surface area contributed by atoms with Gasteiger partial charge >= 0.3 is 6.18 Å². The minimum absolute atomic E-state index is 0.545. The highest BCUT2D eigenvalue weighted by atomic mass is 19.4. The van der Waals surface area contributed by atoms with Crippen LogP contribution in [-0.2, 0) is 4.79 Å². The molecule has 1 unspecified atom stereocenters. The summed E-state index contributed by atoms with van der Waals surface area (Å²) in [4.78, 5) is 12.1. The predicted molar refractivity (Wildman–Crippen MR) is 51.1 cm³/mol. The number of amides is 1. The van der Waals surface area contributed by atoms with Gasteiger partial charge in [0.05, 0.1) is 6.04 Å². The maximum Gasteiger partial charge on any atom is 0.406 e. The largest absolute Gasteiger partial charge is 0.406 e. The lowest BCUT2D eigenvalue weighted by atomic mass is 9.86. The quantitative estimate of drug-likeness (QED) is 0.773. The third kappa shape index (κ3) is 5.01. The monoisotopic (exact) mass is 226 g/mol. The molecule has 0 bridgehead atoms. The Bertz CT molecular complexity index is 232. The molecule has 0 rings (SSSR count). The third-order valence-electron chi connectivity index (χ3n) is 1.99. The highest BCUT2D eigenvalue weighted by Crippen LogP contribution is 2.21. The molecule has 0 radical (unpaired) electrons. The second-order valence-electron chi connectivity index (χ2n) is 4.65.